The largest absolute Gasteiger partial charge is 0.338 e. The molecule has 1 aliphatic rings. The Morgan fingerprint density at radius 2 is 1.96 bits per heavy atom. The zero-order valence-corrected chi connectivity index (χ0v) is 15.1. The minimum Gasteiger partial charge on any atom is -0.338 e. The van der Waals surface area contributed by atoms with Crippen molar-refractivity contribution in [3.8, 4) is 0 Å². The van der Waals surface area contributed by atoms with E-state index in [-0.39, 0.29) is 5.91 Å². The maximum absolute atomic E-state index is 13.3. The van der Waals surface area contributed by atoms with Crippen molar-refractivity contribution in [2.75, 3.05) is 26.2 Å². The number of hydrogen-bond donors (Lipinski definition) is 1. The lowest BCUT2D eigenvalue weighted by Gasteiger charge is -2.36. The molecule has 0 bridgehead atoms. The number of nitrogens with zero attached hydrogens (tertiary/aromatic N) is 8. The predicted molar refractivity (Wildman–Crippen MR) is 95.4 cm³/mol. The molecule has 140 valence electrons. The number of tetrazole rings is 1. The molecule has 1 amide bonds. The summed E-state index contributed by atoms with van der Waals surface area (Å²) in [5.41, 5.74) is 0.877. The zero-order valence-electron chi connectivity index (χ0n) is 15.1. The summed E-state index contributed by atoms with van der Waals surface area (Å²) in [6, 6.07) is 9.09. The van der Waals surface area contributed by atoms with Gasteiger partial charge in [-0.05, 0) is 22.9 Å². The van der Waals surface area contributed by atoms with Gasteiger partial charge < -0.3 is 4.90 Å². The molecule has 27 heavy (non-hydrogen) atoms. The van der Waals surface area contributed by atoms with Crippen LogP contribution in [0, 0.1) is 6.92 Å². The van der Waals surface area contributed by atoms with Crippen LogP contribution >= 0.6 is 0 Å². The van der Waals surface area contributed by atoms with Gasteiger partial charge in [-0.15, -0.1) is 5.10 Å². The van der Waals surface area contributed by atoms with E-state index in [4.69, 9.17) is 0 Å². The second kappa shape index (κ2) is 7.62. The van der Waals surface area contributed by atoms with Crippen molar-refractivity contribution < 1.29 is 4.79 Å². The summed E-state index contributed by atoms with van der Waals surface area (Å²) in [7, 11) is 0. The monoisotopic (exact) mass is 367 g/mol. The molecule has 1 aromatic carbocycles. The molecule has 1 fully saturated rings. The van der Waals surface area contributed by atoms with Crippen molar-refractivity contribution in [3.63, 3.8) is 0 Å². The highest BCUT2D eigenvalue weighted by atomic mass is 16.2. The highest BCUT2D eigenvalue weighted by Gasteiger charge is 2.31. The van der Waals surface area contributed by atoms with Gasteiger partial charge in [0.1, 0.15) is 18.0 Å². The molecule has 0 radical (unpaired) electrons. The van der Waals surface area contributed by atoms with E-state index in [1.165, 1.54) is 6.33 Å². The number of aromatic nitrogens is 7. The van der Waals surface area contributed by atoms with Gasteiger partial charge in [-0.25, -0.2) is 9.67 Å². The average molecular weight is 367 g/mol. The minimum absolute atomic E-state index is 0.0101. The smallest absolute Gasteiger partial charge is 0.252 e. The van der Waals surface area contributed by atoms with Crippen molar-refractivity contribution in [1.82, 2.24) is 45.2 Å². The average Bonchev–Trinajstić information content (AvgIpc) is 3.36. The van der Waals surface area contributed by atoms with Crippen LogP contribution in [0.15, 0.2) is 36.7 Å². The third kappa shape index (κ3) is 3.70. The Morgan fingerprint density at radius 1 is 1.19 bits per heavy atom. The van der Waals surface area contributed by atoms with E-state index in [1.54, 1.807) is 11.6 Å². The summed E-state index contributed by atoms with van der Waals surface area (Å²) in [6.45, 7) is 5.37. The molecule has 0 aliphatic carbocycles. The third-order valence-electron chi connectivity index (χ3n) is 4.77. The van der Waals surface area contributed by atoms with Crippen LogP contribution in [0.3, 0.4) is 0 Å². The predicted octanol–water partition coefficient (Wildman–Crippen LogP) is 0.0334. The van der Waals surface area contributed by atoms with E-state index < -0.39 is 6.04 Å². The van der Waals surface area contributed by atoms with Gasteiger partial charge in [-0.1, -0.05) is 30.3 Å². The first-order valence-corrected chi connectivity index (χ1v) is 8.87. The van der Waals surface area contributed by atoms with Crippen LogP contribution < -0.4 is 0 Å². The Kier molecular flexibility index (Phi) is 4.88. The van der Waals surface area contributed by atoms with Crippen LogP contribution in [0.1, 0.15) is 23.3 Å². The number of carbonyl (C=O) groups excluding carboxylic acids is 1. The molecule has 1 atom stereocenters. The summed E-state index contributed by atoms with van der Waals surface area (Å²) >= 11 is 0. The Morgan fingerprint density at radius 3 is 2.59 bits per heavy atom. The van der Waals surface area contributed by atoms with Crippen LogP contribution in [0.5, 0.6) is 0 Å². The van der Waals surface area contributed by atoms with Crippen molar-refractivity contribution in [3.05, 3.63) is 53.9 Å². The molecule has 10 heteroatoms. The summed E-state index contributed by atoms with van der Waals surface area (Å²) in [5, 5.41) is 18.5. The van der Waals surface area contributed by atoms with Gasteiger partial charge in [-0.3, -0.25) is 14.8 Å². The number of aryl methyl sites for hydroxylation is 1. The van der Waals surface area contributed by atoms with Gasteiger partial charge in [0, 0.05) is 26.2 Å². The molecule has 3 aromatic rings. The molecule has 1 N–H and O–H groups in total. The standard InChI is InChI=1S/C17H21N9O/c1-13-20-22-23-26(13)16(14-5-3-2-4-6-14)17(27)25-9-7-24(8-10-25)11-15-18-12-19-21-15/h2-6,12,16H,7-11H2,1H3,(H,18,19,21)/t16-/m0/s1. The quantitative estimate of drug-likeness (QED) is 0.678. The van der Waals surface area contributed by atoms with Crippen LogP contribution in [-0.4, -0.2) is 77.3 Å². The van der Waals surface area contributed by atoms with Gasteiger partial charge >= 0.3 is 0 Å². The Labute approximate surface area is 156 Å². The van der Waals surface area contributed by atoms with Gasteiger partial charge in [0.25, 0.3) is 5.91 Å². The molecule has 0 unspecified atom stereocenters. The number of nitrogens with one attached hydrogen (secondary N) is 1. The highest BCUT2D eigenvalue weighted by molar-refractivity contribution is 5.83. The van der Waals surface area contributed by atoms with Gasteiger partial charge in [0.05, 0.1) is 6.54 Å². The van der Waals surface area contributed by atoms with Crippen molar-refractivity contribution in [2.45, 2.75) is 19.5 Å². The number of benzene rings is 1. The number of hydrogen-bond acceptors (Lipinski definition) is 7. The molecule has 2 aromatic heterocycles. The fourth-order valence-corrected chi connectivity index (χ4v) is 3.32. The number of carbonyl (C=O) groups is 1. The van der Waals surface area contributed by atoms with E-state index in [1.807, 2.05) is 35.2 Å². The molecule has 4 rings (SSSR count). The molecule has 10 nitrogen and oxygen atoms in total. The van der Waals surface area contributed by atoms with Crippen molar-refractivity contribution >= 4 is 5.91 Å². The second-order valence-electron chi connectivity index (χ2n) is 6.52. The normalized spacial score (nSPS) is 16.4. The van der Waals surface area contributed by atoms with Crippen LogP contribution in [0.2, 0.25) is 0 Å². The van der Waals surface area contributed by atoms with Gasteiger partial charge in [-0.2, -0.15) is 5.10 Å². The Bertz CT molecular complexity index is 869. The maximum Gasteiger partial charge on any atom is 0.252 e. The number of rotatable bonds is 5. The first-order valence-electron chi connectivity index (χ1n) is 8.87. The van der Waals surface area contributed by atoms with Crippen molar-refractivity contribution in [2.24, 2.45) is 0 Å². The fraction of sp³-hybridized carbons (Fsp3) is 0.412. The number of piperazine rings is 1. The summed E-state index contributed by atoms with van der Waals surface area (Å²) in [5.74, 6) is 1.46. The lowest BCUT2D eigenvalue weighted by molar-refractivity contribution is -0.135. The summed E-state index contributed by atoms with van der Waals surface area (Å²) in [4.78, 5) is 21.6. The van der Waals surface area contributed by atoms with E-state index in [9.17, 15) is 4.79 Å². The highest BCUT2D eigenvalue weighted by Crippen LogP contribution is 2.22. The van der Waals surface area contributed by atoms with Crippen LogP contribution in [-0.2, 0) is 11.3 Å². The Hall–Kier alpha value is -3.14. The lowest BCUT2D eigenvalue weighted by atomic mass is 10.1. The molecular weight excluding hydrogens is 346 g/mol. The third-order valence-corrected chi connectivity index (χ3v) is 4.77. The van der Waals surface area contributed by atoms with Gasteiger partial charge in [0.2, 0.25) is 0 Å². The maximum atomic E-state index is 13.3. The van der Waals surface area contributed by atoms with Crippen LogP contribution in [0.4, 0.5) is 0 Å². The fourth-order valence-electron chi connectivity index (χ4n) is 3.32. The second-order valence-corrected chi connectivity index (χ2v) is 6.52. The topological polar surface area (TPSA) is 109 Å². The number of amides is 1. The van der Waals surface area contributed by atoms with E-state index in [0.29, 0.717) is 25.5 Å². The van der Waals surface area contributed by atoms with Crippen molar-refractivity contribution in [1.29, 1.82) is 0 Å². The zero-order chi connectivity index (χ0) is 18.6. The minimum atomic E-state index is -0.554. The van der Waals surface area contributed by atoms with Crippen LogP contribution in [0.25, 0.3) is 0 Å². The first-order chi connectivity index (χ1) is 13.2. The Balaban J connectivity index is 1.49. The first kappa shape index (κ1) is 17.3. The summed E-state index contributed by atoms with van der Waals surface area (Å²) < 4.78 is 1.60. The molecule has 3 heterocycles. The molecule has 1 saturated heterocycles. The summed E-state index contributed by atoms with van der Waals surface area (Å²) in [6.07, 6.45) is 1.51. The number of H-pyrrole nitrogens is 1. The van der Waals surface area contributed by atoms with E-state index in [2.05, 4.69) is 35.6 Å². The number of aromatic amines is 1. The molecule has 0 spiro atoms. The SMILES string of the molecule is Cc1nnnn1[C@H](C(=O)N1CCN(Cc2ncn[nH]2)CC1)c1ccccc1. The molecule has 0 saturated carbocycles. The van der Waals surface area contributed by atoms with Gasteiger partial charge in [0.15, 0.2) is 6.04 Å². The van der Waals surface area contributed by atoms with E-state index >= 15 is 0 Å². The molecular formula is C17H21N9O. The lowest BCUT2D eigenvalue weighted by Crippen LogP contribution is -2.50. The molecule has 1 aliphatic heterocycles. The van der Waals surface area contributed by atoms with E-state index in [0.717, 1.165) is 24.5 Å².